The smallest absolute Gasteiger partial charge is 0.216 e. The lowest BCUT2D eigenvalue weighted by atomic mass is 10.0. The molecule has 1 unspecified atom stereocenters. The average molecular weight is 356 g/mol. The summed E-state index contributed by atoms with van der Waals surface area (Å²) in [5, 5.41) is 8.91. The van der Waals surface area contributed by atoms with Crippen LogP contribution >= 0.6 is 24.0 Å². The second-order valence-corrected chi connectivity index (χ2v) is 6.38. The van der Waals surface area contributed by atoms with Crippen LogP contribution in [0.15, 0.2) is 24.3 Å². The fraction of sp³-hybridized carbons (Fsp3) is 0.471. The number of hydrogen-bond acceptors (Lipinski definition) is 3. The van der Waals surface area contributed by atoms with Crippen molar-refractivity contribution in [3.8, 4) is 5.88 Å². The number of nitrogens with zero attached hydrogens (tertiary/aromatic N) is 2. The van der Waals surface area contributed by atoms with Gasteiger partial charge in [-0.05, 0) is 43.4 Å². The quantitative estimate of drug-likeness (QED) is 0.849. The summed E-state index contributed by atoms with van der Waals surface area (Å²) in [6.45, 7) is 2.78. The highest BCUT2D eigenvalue weighted by Crippen LogP contribution is 2.41. The molecule has 1 saturated carbocycles. The molecule has 126 valence electrons. The first-order valence-electron chi connectivity index (χ1n) is 7.65. The van der Waals surface area contributed by atoms with Crippen molar-refractivity contribution in [1.82, 2.24) is 15.1 Å². The van der Waals surface area contributed by atoms with Crippen LogP contribution in [0.25, 0.3) is 0 Å². The molecule has 23 heavy (non-hydrogen) atoms. The minimum Gasteiger partial charge on any atom is -0.481 e. The molecule has 0 aliphatic heterocycles. The molecule has 2 aromatic rings. The van der Waals surface area contributed by atoms with Gasteiger partial charge in [-0.15, -0.1) is 12.4 Å². The number of hydrogen-bond donors (Lipinski definition) is 1. The van der Waals surface area contributed by atoms with Gasteiger partial charge in [0.1, 0.15) is 0 Å². The molecule has 6 heteroatoms. The molecule has 1 fully saturated rings. The van der Waals surface area contributed by atoms with E-state index in [0.717, 1.165) is 28.7 Å². The van der Waals surface area contributed by atoms with Crippen molar-refractivity contribution in [2.45, 2.75) is 32.4 Å². The van der Waals surface area contributed by atoms with Crippen molar-refractivity contribution in [3.63, 3.8) is 0 Å². The number of methoxy groups -OCH3 is 1. The third-order valence-corrected chi connectivity index (χ3v) is 4.56. The Bertz CT molecular complexity index is 651. The van der Waals surface area contributed by atoms with Gasteiger partial charge in [-0.3, -0.25) is 0 Å². The van der Waals surface area contributed by atoms with Crippen LogP contribution in [0.5, 0.6) is 5.88 Å². The van der Waals surface area contributed by atoms with E-state index in [1.807, 2.05) is 26.1 Å². The fourth-order valence-corrected chi connectivity index (χ4v) is 3.13. The summed E-state index contributed by atoms with van der Waals surface area (Å²) >= 11 is 6.00. The van der Waals surface area contributed by atoms with Crippen LogP contribution in [0.2, 0.25) is 5.02 Å². The van der Waals surface area contributed by atoms with Crippen LogP contribution in [0.1, 0.15) is 35.7 Å². The van der Waals surface area contributed by atoms with E-state index < -0.39 is 0 Å². The first-order chi connectivity index (χ1) is 10.6. The minimum absolute atomic E-state index is 0. The molecule has 1 heterocycles. The summed E-state index contributed by atoms with van der Waals surface area (Å²) in [4.78, 5) is 0. The molecule has 0 radical (unpaired) electrons. The van der Waals surface area contributed by atoms with Crippen molar-refractivity contribution in [1.29, 1.82) is 0 Å². The normalized spacial score (nSPS) is 15.1. The van der Waals surface area contributed by atoms with E-state index in [9.17, 15) is 0 Å². The van der Waals surface area contributed by atoms with Crippen molar-refractivity contribution in [2.75, 3.05) is 7.11 Å². The predicted molar refractivity (Wildman–Crippen MR) is 95.5 cm³/mol. The molecule has 0 amide bonds. The van der Waals surface area contributed by atoms with Gasteiger partial charge in [0.05, 0.1) is 18.4 Å². The van der Waals surface area contributed by atoms with Crippen molar-refractivity contribution in [3.05, 3.63) is 46.1 Å². The average Bonchev–Trinajstić information content (AvgIpc) is 3.28. The molecule has 1 atom stereocenters. The van der Waals surface area contributed by atoms with Crippen molar-refractivity contribution >= 4 is 24.0 Å². The lowest BCUT2D eigenvalue weighted by molar-refractivity contribution is 0.365. The van der Waals surface area contributed by atoms with E-state index in [1.165, 1.54) is 18.4 Å². The summed E-state index contributed by atoms with van der Waals surface area (Å²) in [7, 11) is 3.60. The fourth-order valence-electron chi connectivity index (χ4n) is 3.01. The standard InChI is InChI=1S/C17H22ClN3O.ClH/c1-11-15(17(22-3)21(2)20-11)10-19-16(12-4-5-12)13-6-8-14(18)9-7-13;/h6-9,12,16,19H,4-5,10H2,1-3H3;1H. The Balaban J connectivity index is 0.00000192. The number of benzene rings is 1. The van der Waals surface area contributed by atoms with Gasteiger partial charge in [-0.2, -0.15) is 5.10 Å². The van der Waals surface area contributed by atoms with Crippen molar-refractivity contribution in [2.24, 2.45) is 13.0 Å². The van der Waals surface area contributed by atoms with Crippen LogP contribution in [-0.4, -0.2) is 16.9 Å². The summed E-state index contributed by atoms with van der Waals surface area (Å²) in [6, 6.07) is 8.52. The highest BCUT2D eigenvalue weighted by Gasteiger charge is 2.32. The maximum absolute atomic E-state index is 6.00. The molecular formula is C17H23Cl2N3O. The molecule has 0 spiro atoms. The first-order valence-corrected chi connectivity index (χ1v) is 8.03. The molecular weight excluding hydrogens is 333 g/mol. The van der Waals surface area contributed by atoms with Crippen LogP contribution in [0, 0.1) is 12.8 Å². The van der Waals surface area contributed by atoms with Gasteiger partial charge < -0.3 is 10.1 Å². The Hall–Kier alpha value is -1.23. The van der Waals surface area contributed by atoms with Crippen LogP contribution in [0.4, 0.5) is 0 Å². The van der Waals surface area contributed by atoms with E-state index in [-0.39, 0.29) is 12.4 Å². The van der Waals surface area contributed by atoms with Gasteiger partial charge in [0, 0.05) is 24.7 Å². The van der Waals surface area contributed by atoms with Gasteiger partial charge in [-0.25, -0.2) is 4.68 Å². The molecule has 0 bridgehead atoms. The molecule has 0 saturated heterocycles. The maximum atomic E-state index is 6.00. The Morgan fingerprint density at radius 3 is 2.57 bits per heavy atom. The summed E-state index contributed by atoms with van der Waals surface area (Å²) in [6.07, 6.45) is 2.56. The monoisotopic (exact) mass is 355 g/mol. The number of ether oxygens (including phenoxy) is 1. The summed E-state index contributed by atoms with van der Waals surface area (Å²) < 4.78 is 7.26. The molecule has 4 nitrogen and oxygen atoms in total. The highest BCUT2D eigenvalue weighted by molar-refractivity contribution is 6.30. The number of nitrogens with one attached hydrogen (secondary N) is 1. The second kappa shape index (κ2) is 7.56. The lowest BCUT2D eigenvalue weighted by Crippen LogP contribution is -2.23. The van der Waals surface area contributed by atoms with E-state index in [0.29, 0.717) is 12.0 Å². The largest absolute Gasteiger partial charge is 0.481 e. The zero-order chi connectivity index (χ0) is 15.7. The number of aryl methyl sites for hydroxylation is 2. The zero-order valence-corrected chi connectivity index (χ0v) is 15.2. The summed E-state index contributed by atoms with van der Waals surface area (Å²) in [5.41, 5.74) is 3.44. The van der Waals surface area contributed by atoms with Gasteiger partial charge in [0.25, 0.3) is 0 Å². The second-order valence-electron chi connectivity index (χ2n) is 5.94. The minimum atomic E-state index is 0. The predicted octanol–water partition coefficient (Wildman–Crippen LogP) is 4.05. The van der Waals surface area contributed by atoms with Gasteiger partial charge in [0.2, 0.25) is 5.88 Å². The molecule has 3 rings (SSSR count). The lowest BCUT2D eigenvalue weighted by Gasteiger charge is -2.19. The van der Waals surface area contributed by atoms with Gasteiger partial charge in [-0.1, -0.05) is 23.7 Å². The molecule has 1 aromatic heterocycles. The van der Waals surface area contributed by atoms with Gasteiger partial charge in [0.15, 0.2) is 0 Å². The van der Waals surface area contributed by atoms with E-state index in [1.54, 1.807) is 11.8 Å². The summed E-state index contributed by atoms with van der Waals surface area (Å²) in [5.74, 6) is 1.54. The van der Waals surface area contributed by atoms with E-state index in [4.69, 9.17) is 16.3 Å². The SMILES string of the molecule is COc1c(CNC(c2ccc(Cl)cc2)C2CC2)c(C)nn1C.Cl. The number of aromatic nitrogens is 2. The Morgan fingerprint density at radius 1 is 1.35 bits per heavy atom. The highest BCUT2D eigenvalue weighted by atomic mass is 35.5. The number of halogens is 2. The Labute approximate surface area is 148 Å². The van der Waals surface area contributed by atoms with Crippen LogP contribution in [-0.2, 0) is 13.6 Å². The third-order valence-electron chi connectivity index (χ3n) is 4.30. The molecule has 1 aromatic carbocycles. The Morgan fingerprint density at radius 2 is 2.00 bits per heavy atom. The van der Waals surface area contributed by atoms with Crippen molar-refractivity contribution < 1.29 is 4.74 Å². The third kappa shape index (κ3) is 4.00. The topological polar surface area (TPSA) is 39.1 Å². The van der Waals surface area contributed by atoms with E-state index in [2.05, 4.69) is 22.5 Å². The van der Waals surface area contributed by atoms with Crippen LogP contribution in [0.3, 0.4) is 0 Å². The number of rotatable bonds is 6. The first kappa shape index (κ1) is 18.1. The van der Waals surface area contributed by atoms with E-state index >= 15 is 0 Å². The van der Waals surface area contributed by atoms with Crippen LogP contribution < -0.4 is 10.1 Å². The zero-order valence-electron chi connectivity index (χ0n) is 13.7. The van der Waals surface area contributed by atoms with Gasteiger partial charge >= 0.3 is 0 Å². The molecule has 1 aliphatic carbocycles. The Kier molecular flexibility index (Phi) is 5.95. The maximum Gasteiger partial charge on any atom is 0.216 e. The molecule has 1 aliphatic rings. The molecule has 1 N–H and O–H groups in total.